The van der Waals surface area contributed by atoms with E-state index in [1.165, 1.54) is 12.8 Å². The van der Waals surface area contributed by atoms with Crippen LogP contribution in [-0.2, 0) is 4.79 Å². The van der Waals surface area contributed by atoms with Crippen molar-refractivity contribution in [1.82, 2.24) is 0 Å². The number of carboxylic acid groups (broad SMARTS) is 1. The lowest BCUT2D eigenvalue weighted by molar-refractivity contribution is -0.150. The minimum atomic E-state index is -0.692. The lowest BCUT2D eigenvalue weighted by atomic mass is 9.47. The number of hydrogen-bond acceptors (Lipinski definition) is 2. The first-order valence-corrected chi connectivity index (χ1v) is 5.79. The first kappa shape index (κ1) is 9.40. The molecular formula is C12H17NO2. The number of hydrogen-bond donors (Lipinski definition) is 2. The molecule has 3 aliphatic rings. The molecule has 0 radical (unpaired) electrons. The fourth-order valence-corrected chi connectivity index (χ4v) is 4.45. The van der Waals surface area contributed by atoms with Gasteiger partial charge in [-0.2, -0.15) is 0 Å². The fourth-order valence-electron chi connectivity index (χ4n) is 4.45. The highest BCUT2D eigenvalue weighted by Crippen LogP contribution is 2.69. The van der Waals surface area contributed by atoms with Gasteiger partial charge in [0.15, 0.2) is 0 Å². The van der Waals surface area contributed by atoms with E-state index in [1.54, 1.807) is 0 Å². The van der Waals surface area contributed by atoms with Crippen molar-refractivity contribution in [2.75, 3.05) is 6.54 Å². The monoisotopic (exact) mass is 207 g/mol. The predicted molar refractivity (Wildman–Crippen MR) is 56.1 cm³/mol. The van der Waals surface area contributed by atoms with Gasteiger partial charge in [-0.1, -0.05) is 12.2 Å². The van der Waals surface area contributed by atoms with Crippen LogP contribution in [0.5, 0.6) is 0 Å². The molecule has 2 fully saturated rings. The normalized spacial score (nSPS) is 50.2. The minimum absolute atomic E-state index is 0.113. The first-order valence-electron chi connectivity index (χ1n) is 5.79. The predicted octanol–water partition coefficient (Wildman–Crippen LogP) is 1.25. The Morgan fingerprint density at radius 2 is 2.27 bits per heavy atom. The molecule has 15 heavy (non-hydrogen) atoms. The summed E-state index contributed by atoms with van der Waals surface area (Å²) in [5, 5.41) is 9.01. The summed E-state index contributed by atoms with van der Waals surface area (Å²) in [6.07, 6.45) is 7.21. The molecule has 0 aromatic carbocycles. The summed E-state index contributed by atoms with van der Waals surface area (Å²) >= 11 is 0. The highest BCUT2D eigenvalue weighted by atomic mass is 16.4. The van der Waals surface area contributed by atoms with Crippen LogP contribution in [0.2, 0.25) is 0 Å². The third-order valence-electron chi connectivity index (χ3n) is 5.01. The molecule has 82 valence electrons. The molecule has 0 aromatic rings. The average molecular weight is 207 g/mol. The lowest BCUT2D eigenvalue weighted by Crippen LogP contribution is -2.58. The summed E-state index contributed by atoms with van der Waals surface area (Å²) in [6, 6.07) is 0. The molecule has 3 nitrogen and oxygen atoms in total. The van der Waals surface area contributed by atoms with Crippen molar-refractivity contribution < 1.29 is 9.90 Å². The fraction of sp³-hybridized carbons (Fsp3) is 0.750. The van der Waals surface area contributed by atoms with Crippen LogP contribution in [0.25, 0.3) is 0 Å². The van der Waals surface area contributed by atoms with Gasteiger partial charge < -0.3 is 10.8 Å². The summed E-state index contributed by atoms with van der Waals surface area (Å²) in [5.74, 6) is 1.80. The van der Waals surface area contributed by atoms with Crippen LogP contribution in [0.1, 0.15) is 19.3 Å². The van der Waals surface area contributed by atoms with E-state index in [0.717, 1.165) is 11.8 Å². The molecule has 3 rings (SSSR count). The molecule has 0 amide bonds. The molecule has 3 aliphatic carbocycles. The molecule has 3 N–H and O–H groups in total. The van der Waals surface area contributed by atoms with Crippen molar-refractivity contribution >= 4 is 5.97 Å². The first-order chi connectivity index (χ1) is 7.19. The Balaban J connectivity index is 1.91. The molecule has 2 saturated carbocycles. The minimum Gasteiger partial charge on any atom is -0.481 e. The highest BCUT2D eigenvalue weighted by Gasteiger charge is 2.65. The largest absolute Gasteiger partial charge is 0.481 e. The number of aliphatic carboxylic acids is 1. The van der Waals surface area contributed by atoms with Crippen molar-refractivity contribution in [3.8, 4) is 0 Å². The molecule has 0 spiro atoms. The Bertz CT molecular complexity index is 339. The van der Waals surface area contributed by atoms with E-state index in [0.29, 0.717) is 18.4 Å². The Hall–Kier alpha value is -0.830. The second kappa shape index (κ2) is 2.85. The topological polar surface area (TPSA) is 63.3 Å². The van der Waals surface area contributed by atoms with E-state index in [4.69, 9.17) is 10.8 Å². The van der Waals surface area contributed by atoms with E-state index in [-0.39, 0.29) is 11.8 Å². The van der Waals surface area contributed by atoms with Crippen molar-refractivity contribution in [2.45, 2.75) is 19.3 Å². The Kier molecular flexibility index (Phi) is 1.78. The smallest absolute Gasteiger partial charge is 0.303 e. The third kappa shape index (κ3) is 0.969. The molecule has 0 bridgehead atoms. The zero-order valence-corrected chi connectivity index (χ0v) is 8.73. The highest BCUT2D eigenvalue weighted by molar-refractivity contribution is 5.68. The van der Waals surface area contributed by atoms with Gasteiger partial charge in [-0.05, 0) is 43.1 Å². The maximum Gasteiger partial charge on any atom is 0.303 e. The number of rotatable bonds is 3. The van der Waals surface area contributed by atoms with E-state index in [9.17, 15) is 4.79 Å². The number of carboxylic acids is 1. The van der Waals surface area contributed by atoms with Crippen LogP contribution in [-0.4, -0.2) is 17.6 Å². The van der Waals surface area contributed by atoms with Crippen LogP contribution in [0.15, 0.2) is 12.2 Å². The molecule has 5 atom stereocenters. The van der Waals surface area contributed by atoms with Crippen LogP contribution in [0, 0.1) is 29.1 Å². The summed E-state index contributed by atoms with van der Waals surface area (Å²) in [4.78, 5) is 11.0. The maximum atomic E-state index is 11.0. The number of nitrogens with two attached hydrogens (primary N) is 1. The summed E-state index contributed by atoms with van der Waals surface area (Å²) < 4.78 is 0. The Morgan fingerprint density at radius 3 is 2.93 bits per heavy atom. The molecule has 0 saturated heterocycles. The Labute approximate surface area is 89.3 Å². The van der Waals surface area contributed by atoms with Crippen molar-refractivity contribution in [2.24, 2.45) is 34.8 Å². The number of carbonyl (C=O) groups is 1. The average Bonchev–Trinajstić information content (AvgIpc) is 2.67. The van der Waals surface area contributed by atoms with E-state index in [2.05, 4.69) is 12.2 Å². The standard InChI is InChI=1S/C12H17NO2/c13-6-12(5-10(14)15)8-3-1-7-2-4-9(12)11(7)8/h1,3,7-9,11H,2,4-6,13H2,(H,14,15)/t7-,8-,9+,11+,12-/m1/s1. The van der Waals surface area contributed by atoms with Gasteiger partial charge in [0, 0.05) is 5.41 Å². The molecular weight excluding hydrogens is 190 g/mol. The quantitative estimate of drug-likeness (QED) is 0.684. The zero-order chi connectivity index (χ0) is 10.6. The van der Waals surface area contributed by atoms with Gasteiger partial charge in [-0.3, -0.25) is 4.79 Å². The second-order valence-corrected chi connectivity index (χ2v) is 5.34. The summed E-state index contributed by atoms with van der Waals surface area (Å²) in [7, 11) is 0. The van der Waals surface area contributed by atoms with Gasteiger partial charge in [-0.15, -0.1) is 0 Å². The van der Waals surface area contributed by atoms with Gasteiger partial charge in [0.05, 0.1) is 6.42 Å². The zero-order valence-electron chi connectivity index (χ0n) is 8.73. The van der Waals surface area contributed by atoms with Gasteiger partial charge in [-0.25, -0.2) is 0 Å². The van der Waals surface area contributed by atoms with Gasteiger partial charge in [0.2, 0.25) is 0 Å². The summed E-state index contributed by atoms with van der Waals surface area (Å²) in [5.41, 5.74) is 5.75. The van der Waals surface area contributed by atoms with Crippen molar-refractivity contribution in [3.63, 3.8) is 0 Å². The maximum absolute atomic E-state index is 11.0. The van der Waals surface area contributed by atoms with Crippen LogP contribution < -0.4 is 5.73 Å². The number of allylic oxidation sites excluding steroid dienone is 2. The Morgan fingerprint density at radius 1 is 1.47 bits per heavy atom. The SMILES string of the molecule is NC[C@]1(CC(=O)O)[C@@H]2C=C[C@@H]3CC[C@H]1[C@@H]32. The van der Waals surface area contributed by atoms with Crippen LogP contribution >= 0.6 is 0 Å². The van der Waals surface area contributed by atoms with Crippen molar-refractivity contribution in [1.29, 1.82) is 0 Å². The second-order valence-electron chi connectivity index (χ2n) is 5.34. The lowest BCUT2D eigenvalue weighted by Gasteiger charge is -2.57. The van der Waals surface area contributed by atoms with Gasteiger partial charge >= 0.3 is 5.97 Å². The molecule has 0 aliphatic heterocycles. The van der Waals surface area contributed by atoms with Gasteiger partial charge in [0.25, 0.3) is 0 Å². The van der Waals surface area contributed by atoms with Gasteiger partial charge in [0.1, 0.15) is 0 Å². The van der Waals surface area contributed by atoms with Crippen LogP contribution in [0.4, 0.5) is 0 Å². The molecule has 0 heterocycles. The van der Waals surface area contributed by atoms with Crippen molar-refractivity contribution in [3.05, 3.63) is 12.2 Å². The molecule has 0 unspecified atom stereocenters. The van der Waals surface area contributed by atoms with Crippen LogP contribution in [0.3, 0.4) is 0 Å². The summed E-state index contributed by atoms with van der Waals surface area (Å²) in [6.45, 7) is 0.530. The van der Waals surface area contributed by atoms with E-state index < -0.39 is 5.97 Å². The molecule has 0 aromatic heterocycles. The van der Waals surface area contributed by atoms with E-state index >= 15 is 0 Å². The third-order valence-corrected chi connectivity index (χ3v) is 5.01. The molecule has 3 heteroatoms. The van der Waals surface area contributed by atoms with E-state index in [1.807, 2.05) is 0 Å².